The number of aryl methyl sites for hydroxylation is 1. The summed E-state index contributed by atoms with van der Waals surface area (Å²) >= 11 is 1.46. The highest BCUT2D eigenvalue weighted by atomic mass is 32.2. The highest BCUT2D eigenvalue weighted by Gasteiger charge is 2.34. The summed E-state index contributed by atoms with van der Waals surface area (Å²) in [4.78, 5) is 13.6. The second-order valence-corrected chi connectivity index (χ2v) is 6.17. The average molecular weight is 326 g/mol. The monoisotopic (exact) mass is 326 g/mol. The molecule has 1 aromatic carbocycles. The smallest absolute Gasteiger partial charge is 0.234 e. The van der Waals surface area contributed by atoms with Gasteiger partial charge >= 0.3 is 0 Å². The van der Waals surface area contributed by atoms with Crippen LogP contribution in [0.4, 0.5) is 13.2 Å². The van der Waals surface area contributed by atoms with Crippen LogP contribution >= 0.6 is 11.8 Å². The summed E-state index contributed by atoms with van der Waals surface area (Å²) in [5, 5.41) is -0.219. The second-order valence-electron chi connectivity index (χ2n) is 5.10. The Bertz CT molecular complexity index is 708. The third-order valence-electron chi connectivity index (χ3n) is 3.60. The maximum atomic E-state index is 13.3. The molecule has 0 N–H and O–H groups in total. The second kappa shape index (κ2) is 5.72. The fourth-order valence-electron chi connectivity index (χ4n) is 2.50. The van der Waals surface area contributed by atoms with Crippen LogP contribution in [0.25, 0.3) is 0 Å². The quantitative estimate of drug-likeness (QED) is 0.809. The van der Waals surface area contributed by atoms with Gasteiger partial charge in [0.1, 0.15) is 5.37 Å². The number of carbonyl (C=O) groups is 1. The molecule has 0 aliphatic carbocycles. The number of benzene rings is 1. The lowest BCUT2D eigenvalue weighted by Gasteiger charge is -2.24. The van der Waals surface area contributed by atoms with Crippen molar-refractivity contribution < 1.29 is 18.0 Å². The molecule has 2 aromatic rings. The van der Waals surface area contributed by atoms with Gasteiger partial charge in [0.2, 0.25) is 5.91 Å². The average Bonchev–Trinajstić information content (AvgIpc) is 3.03. The molecule has 1 aliphatic rings. The highest BCUT2D eigenvalue weighted by molar-refractivity contribution is 8.00. The SMILES string of the molecule is Cn1cccc1C1SCC(=O)N1Cc1cc(F)c(F)c(F)c1. The summed E-state index contributed by atoms with van der Waals surface area (Å²) in [5.41, 5.74) is 1.16. The first-order valence-corrected chi connectivity index (χ1v) is 7.68. The lowest BCUT2D eigenvalue weighted by Crippen LogP contribution is -2.28. The topological polar surface area (TPSA) is 25.2 Å². The lowest BCUT2D eigenvalue weighted by atomic mass is 10.2. The van der Waals surface area contributed by atoms with E-state index in [1.54, 1.807) is 4.90 Å². The number of amides is 1. The van der Waals surface area contributed by atoms with Gasteiger partial charge in [-0.1, -0.05) is 0 Å². The third-order valence-corrected chi connectivity index (χ3v) is 4.83. The van der Waals surface area contributed by atoms with E-state index < -0.39 is 17.5 Å². The normalized spacial score (nSPS) is 18.3. The van der Waals surface area contributed by atoms with Crippen LogP contribution in [0.2, 0.25) is 0 Å². The molecule has 0 radical (unpaired) electrons. The van der Waals surface area contributed by atoms with E-state index in [1.807, 2.05) is 29.9 Å². The molecule has 7 heteroatoms. The van der Waals surface area contributed by atoms with Crippen molar-refractivity contribution in [3.05, 3.63) is 59.2 Å². The largest absolute Gasteiger partial charge is 0.352 e. The van der Waals surface area contributed by atoms with Gasteiger partial charge in [-0.15, -0.1) is 11.8 Å². The molecule has 116 valence electrons. The van der Waals surface area contributed by atoms with Crippen molar-refractivity contribution in [1.82, 2.24) is 9.47 Å². The maximum absolute atomic E-state index is 13.3. The molecule has 0 bridgehead atoms. The first kappa shape index (κ1) is 15.0. The number of thioether (sulfide) groups is 1. The lowest BCUT2D eigenvalue weighted by molar-refractivity contribution is -0.128. The number of halogens is 3. The van der Waals surface area contributed by atoms with Crippen molar-refractivity contribution >= 4 is 17.7 Å². The van der Waals surface area contributed by atoms with Gasteiger partial charge in [0.15, 0.2) is 17.5 Å². The molecular formula is C15H13F3N2OS. The number of aromatic nitrogens is 1. The minimum atomic E-state index is -1.50. The van der Waals surface area contributed by atoms with Gasteiger partial charge in [0, 0.05) is 19.8 Å². The number of nitrogens with zero attached hydrogens (tertiary/aromatic N) is 2. The molecule has 0 spiro atoms. The summed E-state index contributed by atoms with van der Waals surface area (Å²) in [7, 11) is 1.87. The summed E-state index contributed by atoms with van der Waals surface area (Å²) in [6, 6.07) is 5.62. The van der Waals surface area contributed by atoms with Crippen LogP contribution in [-0.2, 0) is 18.4 Å². The molecule has 1 fully saturated rings. The Balaban J connectivity index is 1.89. The van der Waals surface area contributed by atoms with Crippen LogP contribution in [0.15, 0.2) is 30.5 Å². The molecule has 1 unspecified atom stereocenters. The molecule has 1 saturated heterocycles. The standard InChI is InChI=1S/C15H13F3N2OS/c1-19-4-2-3-12(19)15-20(13(21)8-22-15)7-9-5-10(16)14(18)11(17)6-9/h2-6,15H,7-8H2,1H3. The van der Waals surface area contributed by atoms with E-state index in [0.29, 0.717) is 5.75 Å². The van der Waals surface area contributed by atoms with Gasteiger partial charge < -0.3 is 9.47 Å². The van der Waals surface area contributed by atoms with Crippen LogP contribution in [0.5, 0.6) is 0 Å². The van der Waals surface area contributed by atoms with Gasteiger partial charge in [-0.2, -0.15) is 0 Å². The molecule has 2 heterocycles. The van der Waals surface area contributed by atoms with Crippen LogP contribution in [0.1, 0.15) is 16.6 Å². The molecule has 1 atom stereocenters. The molecule has 3 nitrogen and oxygen atoms in total. The zero-order valence-corrected chi connectivity index (χ0v) is 12.5. The number of hydrogen-bond acceptors (Lipinski definition) is 2. The Morgan fingerprint density at radius 1 is 1.27 bits per heavy atom. The Morgan fingerprint density at radius 3 is 2.55 bits per heavy atom. The van der Waals surface area contributed by atoms with E-state index in [0.717, 1.165) is 17.8 Å². The fraction of sp³-hybridized carbons (Fsp3) is 0.267. The van der Waals surface area contributed by atoms with E-state index in [9.17, 15) is 18.0 Å². The number of hydrogen-bond donors (Lipinski definition) is 0. The van der Waals surface area contributed by atoms with Gasteiger partial charge in [-0.3, -0.25) is 4.79 Å². The number of rotatable bonds is 3. The van der Waals surface area contributed by atoms with E-state index >= 15 is 0 Å². The maximum Gasteiger partial charge on any atom is 0.234 e. The Morgan fingerprint density at radius 2 is 1.95 bits per heavy atom. The summed E-state index contributed by atoms with van der Waals surface area (Å²) in [6.45, 7) is 0.0375. The van der Waals surface area contributed by atoms with Crippen LogP contribution in [0, 0.1) is 17.5 Å². The van der Waals surface area contributed by atoms with Crippen LogP contribution < -0.4 is 0 Å². The zero-order chi connectivity index (χ0) is 15.9. The van der Waals surface area contributed by atoms with Crippen LogP contribution in [0.3, 0.4) is 0 Å². The molecular weight excluding hydrogens is 313 g/mol. The van der Waals surface area contributed by atoms with Crippen molar-refractivity contribution in [2.45, 2.75) is 11.9 Å². The van der Waals surface area contributed by atoms with Crippen molar-refractivity contribution in [2.24, 2.45) is 7.05 Å². The zero-order valence-electron chi connectivity index (χ0n) is 11.7. The van der Waals surface area contributed by atoms with E-state index in [4.69, 9.17) is 0 Å². The predicted octanol–water partition coefficient (Wildman–Crippen LogP) is 3.22. The minimum Gasteiger partial charge on any atom is -0.352 e. The summed E-state index contributed by atoms with van der Waals surface area (Å²) in [6.07, 6.45) is 1.87. The highest BCUT2D eigenvalue weighted by Crippen LogP contribution is 2.39. The molecule has 22 heavy (non-hydrogen) atoms. The Kier molecular flexibility index (Phi) is 3.90. The van der Waals surface area contributed by atoms with Crippen molar-refractivity contribution in [3.63, 3.8) is 0 Å². The summed E-state index contributed by atoms with van der Waals surface area (Å²) in [5.74, 6) is -3.79. The third kappa shape index (κ3) is 2.61. The van der Waals surface area contributed by atoms with Gasteiger partial charge in [0.05, 0.1) is 11.4 Å². The molecule has 3 rings (SSSR count). The summed E-state index contributed by atoms with van der Waals surface area (Å²) < 4.78 is 41.5. The van der Waals surface area contributed by atoms with Crippen molar-refractivity contribution in [1.29, 1.82) is 0 Å². The Labute approximate surface area is 129 Å². The van der Waals surface area contributed by atoms with Gasteiger partial charge in [-0.05, 0) is 29.8 Å². The first-order valence-electron chi connectivity index (χ1n) is 6.63. The van der Waals surface area contributed by atoms with Crippen LogP contribution in [-0.4, -0.2) is 21.1 Å². The molecule has 1 aromatic heterocycles. The molecule has 0 saturated carbocycles. The fourth-order valence-corrected chi connectivity index (χ4v) is 3.75. The van der Waals surface area contributed by atoms with E-state index in [2.05, 4.69) is 0 Å². The van der Waals surface area contributed by atoms with Gasteiger partial charge in [-0.25, -0.2) is 13.2 Å². The van der Waals surface area contributed by atoms with Crippen molar-refractivity contribution in [2.75, 3.05) is 5.75 Å². The van der Waals surface area contributed by atoms with E-state index in [1.165, 1.54) is 11.8 Å². The molecule has 1 amide bonds. The minimum absolute atomic E-state index is 0.0375. The van der Waals surface area contributed by atoms with E-state index in [-0.39, 0.29) is 23.4 Å². The predicted molar refractivity (Wildman–Crippen MR) is 77.5 cm³/mol. The number of carbonyl (C=O) groups excluding carboxylic acids is 1. The first-order chi connectivity index (χ1) is 10.5. The van der Waals surface area contributed by atoms with Gasteiger partial charge in [0.25, 0.3) is 0 Å². The van der Waals surface area contributed by atoms with Crippen molar-refractivity contribution in [3.8, 4) is 0 Å². The molecule has 1 aliphatic heterocycles. The Hall–Kier alpha value is -1.89.